The van der Waals surface area contributed by atoms with Gasteiger partial charge in [-0.1, -0.05) is 18.8 Å². The van der Waals surface area contributed by atoms with Crippen LogP contribution in [-0.2, 0) is 4.74 Å². The molecule has 0 amide bonds. The van der Waals surface area contributed by atoms with Gasteiger partial charge in [-0.25, -0.2) is 0 Å². The van der Waals surface area contributed by atoms with Crippen molar-refractivity contribution in [2.24, 2.45) is 0 Å². The Morgan fingerprint density at radius 1 is 1.50 bits per heavy atom. The van der Waals surface area contributed by atoms with Crippen LogP contribution < -0.4 is 0 Å². The second kappa shape index (κ2) is 6.56. The Labute approximate surface area is 60.6 Å². The molecule has 0 saturated heterocycles. The molecule has 0 bridgehead atoms. The van der Waals surface area contributed by atoms with Crippen molar-refractivity contribution in [2.45, 2.75) is 19.6 Å². The first kappa shape index (κ1) is 9.44. The monoisotopic (exact) mass is 144 g/mol. The van der Waals surface area contributed by atoms with Crippen molar-refractivity contribution in [3.8, 4) is 11.8 Å². The Morgan fingerprint density at radius 3 is 2.70 bits per heavy atom. The SMILES string of the molecule is CCC(O)OCC#CCO. The van der Waals surface area contributed by atoms with Crippen LogP contribution in [0.4, 0.5) is 0 Å². The maximum Gasteiger partial charge on any atom is 0.155 e. The molecule has 0 fully saturated rings. The summed E-state index contributed by atoms with van der Waals surface area (Å²) in [6.45, 7) is 1.82. The molecule has 0 aliphatic heterocycles. The van der Waals surface area contributed by atoms with Gasteiger partial charge < -0.3 is 14.9 Å². The zero-order chi connectivity index (χ0) is 7.82. The Balaban J connectivity index is 3.18. The topological polar surface area (TPSA) is 49.7 Å². The van der Waals surface area contributed by atoms with Gasteiger partial charge in [0, 0.05) is 0 Å². The van der Waals surface area contributed by atoms with Crippen LogP contribution >= 0.6 is 0 Å². The molecule has 10 heavy (non-hydrogen) atoms. The van der Waals surface area contributed by atoms with E-state index in [9.17, 15) is 0 Å². The molecule has 3 nitrogen and oxygen atoms in total. The Bertz CT molecular complexity index is 123. The van der Waals surface area contributed by atoms with E-state index in [4.69, 9.17) is 14.9 Å². The van der Waals surface area contributed by atoms with Crippen LogP contribution in [0.5, 0.6) is 0 Å². The van der Waals surface area contributed by atoms with E-state index in [-0.39, 0.29) is 13.2 Å². The van der Waals surface area contributed by atoms with E-state index in [1.165, 1.54) is 0 Å². The highest BCUT2D eigenvalue weighted by Crippen LogP contribution is 1.89. The van der Waals surface area contributed by atoms with Crippen molar-refractivity contribution in [2.75, 3.05) is 13.2 Å². The fraction of sp³-hybridized carbons (Fsp3) is 0.714. The average molecular weight is 144 g/mol. The number of hydrogen-bond acceptors (Lipinski definition) is 3. The first-order chi connectivity index (χ1) is 4.81. The summed E-state index contributed by atoms with van der Waals surface area (Å²) in [6.07, 6.45) is -0.172. The Kier molecular flexibility index (Phi) is 6.19. The molecule has 0 radical (unpaired) electrons. The van der Waals surface area contributed by atoms with Gasteiger partial charge in [0.1, 0.15) is 13.2 Å². The first-order valence-electron chi connectivity index (χ1n) is 3.17. The number of ether oxygens (including phenoxy) is 1. The van der Waals surface area contributed by atoms with Crippen molar-refractivity contribution in [3.05, 3.63) is 0 Å². The summed E-state index contributed by atoms with van der Waals surface area (Å²) in [5, 5.41) is 17.0. The molecule has 0 aromatic rings. The third kappa shape index (κ3) is 5.57. The molecule has 58 valence electrons. The lowest BCUT2D eigenvalue weighted by Crippen LogP contribution is -2.09. The minimum absolute atomic E-state index is 0.161. The minimum Gasteiger partial charge on any atom is -0.384 e. The third-order valence-corrected chi connectivity index (χ3v) is 0.901. The van der Waals surface area contributed by atoms with Crippen LogP contribution in [-0.4, -0.2) is 29.7 Å². The fourth-order valence-corrected chi connectivity index (χ4v) is 0.363. The number of rotatable bonds is 3. The zero-order valence-corrected chi connectivity index (χ0v) is 6.00. The summed E-state index contributed by atoms with van der Waals surface area (Å²) in [5.74, 6) is 4.92. The fourth-order valence-electron chi connectivity index (χ4n) is 0.363. The minimum atomic E-state index is -0.729. The second-order valence-corrected chi connectivity index (χ2v) is 1.69. The molecule has 0 saturated carbocycles. The molecular weight excluding hydrogens is 132 g/mol. The highest BCUT2D eigenvalue weighted by molar-refractivity contribution is 4.98. The van der Waals surface area contributed by atoms with E-state index in [2.05, 4.69) is 11.8 Å². The standard InChI is InChI=1S/C7H12O3/c1-2-7(9)10-6-4-3-5-8/h7-9H,2,5-6H2,1H3. The number of aliphatic hydroxyl groups is 2. The van der Waals surface area contributed by atoms with Gasteiger partial charge >= 0.3 is 0 Å². The Hall–Kier alpha value is -0.560. The van der Waals surface area contributed by atoms with Crippen LogP contribution in [0.25, 0.3) is 0 Å². The maximum absolute atomic E-state index is 8.80. The van der Waals surface area contributed by atoms with E-state index in [1.54, 1.807) is 0 Å². The van der Waals surface area contributed by atoms with Gasteiger partial charge in [0.05, 0.1) is 0 Å². The van der Waals surface area contributed by atoms with E-state index >= 15 is 0 Å². The lowest BCUT2D eigenvalue weighted by Gasteiger charge is -2.04. The molecule has 1 atom stereocenters. The molecule has 0 rings (SSSR count). The van der Waals surface area contributed by atoms with Crippen molar-refractivity contribution in [1.82, 2.24) is 0 Å². The van der Waals surface area contributed by atoms with Crippen LogP contribution in [0.1, 0.15) is 13.3 Å². The molecule has 0 aliphatic rings. The van der Waals surface area contributed by atoms with Crippen LogP contribution in [0.3, 0.4) is 0 Å². The third-order valence-electron chi connectivity index (χ3n) is 0.901. The summed E-state index contributed by atoms with van der Waals surface area (Å²) in [4.78, 5) is 0. The van der Waals surface area contributed by atoms with E-state index in [0.717, 1.165) is 0 Å². The predicted molar refractivity (Wildman–Crippen MR) is 37.1 cm³/mol. The molecule has 0 spiro atoms. The van der Waals surface area contributed by atoms with Gasteiger partial charge in [0.15, 0.2) is 6.29 Å². The predicted octanol–water partition coefficient (Wildman–Crippen LogP) is -0.273. The summed E-state index contributed by atoms with van der Waals surface area (Å²) >= 11 is 0. The molecule has 3 heteroatoms. The molecule has 0 aromatic carbocycles. The summed E-state index contributed by atoms with van der Waals surface area (Å²) in [7, 11) is 0. The van der Waals surface area contributed by atoms with Crippen LogP contribution in [0.2, 0.25) is 0 Å². The van der Waals surface area contributed by atoms with Gasteiger partial charge in [-0.3, -0.25) is 0 Å². The smallest absolute Gasteiger partial charge is 0.155 e. The largest absolute Gasteiger partial charge is 0.384 e. The van der Waals surface area contributed by atoms with Crippen molar-refractivity contribution in [3.63, 3.8) is 0 Å². The molecule has 1 unspecified atom stereocenters. The molecule has 2 N–H and O–H groups in total. The van der Waals surface area contributed by atoms with E-state index < -0.39 is 6.29 Å². The van der Waals surface area contributed by atoms with E-state index in [0.29, 0.717) is 6.42 Å². The molecular formula is C7H12O3. The van der Waals surface area contributed by atoms with E-state index in [1.807, 2.05) is 6.92 Å². The number of aliphatic hydroxyl groups excluding tert-OH is 2. The molecule has 0 aromatic heterocycles. The number of hydrogen-bond donors (Lipinski definition) is 2. The summed E-state index contributed by atoms with van der Waals surface area (Å²) in [6, 6.07) is 0. The van der Waals surface area contributed by atoms with Gasteiger partial charge in [0.2, 0.25) is 0 Å². The lowest BCUT2D eigenvalue weighted by atomic mass is 10.5. The highest BCUT2D eigenvalue weighted by atomic mass is 16.6. The quantitative estimate of drug-likeness (QED) is 0.423. The van der Waals surface area contributed by atoms with Gasteiger partial charge in [-0.05, 0) is 6.42 Å². The summed E-state index contributed by atoms with van der Waals surface area (Å²) < 4.78 is 4.76. The normalized spacial score (nSPS) is 11.9. The second-order valence-electron chi connectivity index (χ2n) is 1.69. The molecule has 0 aliphatic carbocycles. The van der Waals surface area contributed by atoms with Gasteiger partial charge in [0.25, 0.3) is 0 Å². The van der Waals surface area contributed by atoms with Gasteiger partial charge in [-0.15, -0.1) is 0 Å². The highest BCUT2D eigenvalue weighted by Gasteiger charge is 1.95. The van der Waals surface area contributed by atoms with Crippen LogP contribution in [0.15, 0.2) is 0 Å². The summed E-state index contributed by atoms with van der Waals surface area (Å²) in [5.41, 5.74) is 0. The van der Waals surface area contributed by atoms with Crippen molar-refractivity contribution in [1.29, 1.82) is 0 Å². The zero-order valence-electron chi connectivity index (χ0n) is 6.00. The van der Waals surface area contributed by atoms with Crippen LogP contribution in [0, 0.1) is 11.8 Å². The maximum atomic E-state index is 8.80. The molecule has 0 heterocycles. The lowest BCUT2D eigenvalue weighted by molar-refractivity contribution is -0.0878. The average Bonchev–Trinajstić information content (AvgIpc) is 1.98. The Morgan fingerprint density at radius 2 is 2.20 bits per heavy atom. The first-order valence-corrected chi connectivity index (χ1v) is 3.17. The van der Waals surface area contributed by atoms with Crippen molar-refractivity contribution >= 4 is 0 Å². The van der Waals surface area contributed by atoms with Gasteiger partial charge in [-0.2, -0.15) is 0 Å². The van der Waals surface area contributed by atoms with Crippen molar-refractivity contribution < 1.29 is 14.9 Å².